The number of carboxylic acids is 2. The molecule has 276 valence electrons. The standard InChI is InChI=1S/C23H16O6.C21H33N3/c24-20-16(14-7-3-1-5-12(14)9-18(20)22(26)27)11-17-15-8-4-2-6-13(15)10-19(21(17)25)23(28)29;1-7-24(8-2)11-9-10-18(6)23-21-17(5)14-22-20-13-16(4)15(3)12-19(20)21/h1-10,24-25H,11H2,(H,26,27)(H,28,29);12-14,18H,7-11H2,1-6H3,(H,22,23). The van der Waals surface area contributed by atoms with Crippen molar-refractivity contribution in [3.8, 4) is 11.5 Å². The smallest absolute Gasteiger partial charge is 0.339 e. The number of nitrogens with one attached hydrogen (secondary N) is 1. The molecule has 53 heavy (non-hydrogen) atoms. The lowest BCUT2D eigenvalue weighted by molar-refractivity contribution is 0.0682. The van der Waals surface area contributed by atoms with Gasteiger partial charge in [-0.3, -0.25) is 4.98 Å². The first-order valence-corrected chi connectivity index (χ1v) is 18.1. The van der Waals surface area contributed by atoms with Crippen molar-refractivity contribution in [1.82, 2.24) is 9.88 Å². The molecule has 0 aliphatic carbocycles. The van der Waals surface area contributed by atoms with Gasteiger partial charge in [-0.05, 0) is 123 Å². The number of fused-ring (bicyclic) bond motifs is 3. The van der Waals surface area contributed by atoms with Crippen LogP contribution in [0.1, 0.15) is 82.1 Å². The van der Waals surface area contributed by atoms with Gasteiger partial charge in [0.25, 0.3) is 0 Å². The first kappa shape index (κ1) is 38.6. The number of carbonyl (C=O) groups is 2. The minimum absolute atomic E-state index is 0.0407. The Morgan fingerprint density at radius 1 is 0.736 bits per heavy atom. The van der Waals surface area contributed by atoms with Crippen LogP contribution >= 0.6 is 0 Å². The van der Waals surface area contributed by atoms with E-state index >= 15 is 0 Å². The number of rotatable bonds is 12. The Hall–Kier alpha value is -5.67. The molecule has 1 heterocycles. The maximum absolute atomic E-state index is 11.6. The SMILES string of the molecule is CCN(CC)CCCC(C)Nc1c(C)cnc2cc(C)c(C)cc12.O=C(O)c1cc2ccccc2c(Cc2c(O)c(C(=O)O)cc3ccccc23)c1O. The molecule has 0 bridgehead atoms. The summed E-state index contributed by atoms with van der Waals surface area (Å²) >= 11 is 0. The van der Waals surface area contributed by atoms with Crippen LogP contribution in [-0.4, -0.2) is 67.9 Å². The van der Waals surface area contributed by atoms with Crippen LogP contribution in [0.25, 0.3) is 32.4 Å². The van der Waals surface area contributed by atoms with Crippen LogP contribution in [-0.2, 0) is 6.42 Å². The molecule has 1 aromatic heterocycles. The van der Waals surface area contributed by atoms with Crippen LogP contribution in [0.3, 0.4) is 0 Å². The first-order chi connectivity index (χ1) is 25.3. The molecule has 5 aromatic carbocycles. The van der Waals surface area contributed by atoms with Gasteiger partial charge in [-0.2, -0.15) is 0 Å². The predicted octanol–water partition coefficient (Wildman–Crippen LogP) is 9.47. The lowest BCUT2D eigenvalue weighted by Gasteiger charge is -2.22. The summed E-state index contributed by atoms with van der Waals surface area (Å²) in [6.45, 7) is 16.7. The van der Waals surface area contributed by atoms with E-state index in [2.05, 4.69) is 68.9 Å². The second kappa shape index (κ2) is 16.8. The molecular formula is C44H49N3O6. The van der Waals surface area contributed by atoms with E-state index in [4.69, 9.17) is 0 Å². The maximum Gasteiger partial charge on any atom is 0.339 e. The minimum atomic E-state index is -1.28. The lowest BCUT2D eigenvalue weighted by atomic mass is 9.90. The van der Waals surface area contributed by atoms with Crippen molar-refractivity contribution in [3.05, 3.63) is 118 Å². The van der Waals surface area contributed by atoms with E-state index in [1.165, 1.54) is 59.3 Å². The zero-order valence-corrected chi connectivity index (χ0v) is 31.3. The molecule has 9 nitrogen and oxygen atoms in total. The number of hydrogen-bond acceptors (Lipinski definition) is 7. The normalized spacial score (nSPS) is 11.8. The second-order valence-corrected chi connectivity index (χ2v) is 13.7. The molecular weight excluding hydrogens is 666 g/mol. The van der Waals surface area contributed by atoms with Crippen LogP contribution in [0.2, 0.25) is 0 Å². The number of hydrogen-bond donors (Lipinski definition) is 5. The van der Waals surface area contributed by atoms with Gasteiger partial charge < -0.3 is 30.6 Å². The van der Waals surface area contributed by atoms with Gasteiger partial charge in [0.1, 0.15) is 22.6 Å². The van der Waals surface area contributed by atoms with Gasteiger partial charge in [-0.15, -0.1) is 0 Å². The predicted molar refractivity (Wildman–Crippen MR) is 214 cm³/mol. The maximum atomic E-state index is 11.6. The Morgan fingerprint density at radius 3 is 1.75 bits per heavy atom. The van der Waals surface area contributed by atoms with Crippen LogP contribution in [0.15, 0.2) is 79.0 Å². The zero-order chi connectivity index (χ0) is 38.4. The molecule has 0 saturated heterocycles. The van der Waals surface area contributed by atoms with Gasteiger partial charge >= 0.3 is 11.9 Å². The summed E-state index contributed by atoms with van der Waals surface area (Å²) < 4.78 is 0. The molecule has 0 aliphatic rings. The molecule has 1 unspecified atom stereocenters. The highest BCUT2D eigenvalue weighted by molar-refractivity contribution is 6.02. The molecule has 6 aromatic rings. The zero-order valence-electron chi connectivity index (χ0n) is 31.3. The Balaban J connectivity index is 0.000000209. The Morgan fingerprint density at radius 2 is 1.25 bits per heavy atom. The van der Waals surface area contributed by atoms with Crippen molar-refractivity contribution in [2.24, 2.45) is 0 Å². The van der Waals surface area contributed by atoms with Crippen LogP contribution in [0.4, 0.5) is 5.69 Å². The van der Waals surface area contributed by atoms with Gasteiger partial charge in [0.2, 0.25) is 0 Å². The summed E-state index contributed by atoms with van der Waals surface area (Å²) in [5, 5.41) is 47.8. The molecule has 0 fully saturated rings. The van der Waals surface area contributed by atoms with Crippen LogP contribution in [0.5, 0.6) is 11.5 Å². The number of nitrogens with zero attached hydrogens (tertiary/aromatic N) is 2. The van der Waals surface area contributed by atoms with E-state index in [9.17, 15) is 30.0 Å². The molecule has 0 radical (unpaired) electrons. The van der Waals surface area contributed by atoms with Gasteiger partial charge in [-0.25, -0.2) is 9.59 Å². The van der Waals surface area contributed by atoms with E-state index in [0.29, 0.717) is 38.7 Å². The highest BCUT2D eigenvalue weighted by Crippen LogP contribution is 2.39. The lowest BCUT2D eigenvalue weighted by Crippen LogP contribution is -2.25. The fourth-order valence-electron chi connectivity index (χ4n) is 6.91. The molecule has 0 spiro atoms. The third kappa shape index (κ3) is 8.53. The average molecular weight is 716 g/mol. The summed E-state index contributed by atoms with van der Waals surface area (Å²) in [4.78, 5) is 30.3. The van der Waals surface area contributed by atoms with Crippen molar-refractivity contribution >= 4 is 50.1 Å². The van der Waals surface area contributed by atoms with Crippen molar-refractivity contribution in [2.75, 3.05) is 25.0 Å². The van der Waals surface area contributed by atoms with Crippen LogP contribution < -0.4 is 5.32 Å². The fourth-order valence-corrected chi connectivity index (χ4v) is 6.91. The topological polar surface area (TPSA) is 143 Å². The quantitative estimate of drug-likeness (QED) is 0.0837. The van der Waals surface area contributed by atoms with E-state index in [1.54, 1.807) is 48.5 Å². The fraction of sp³-hybridized carbons (Fsp3) is 0.295. The van der Waals surface area contributed by atoms with E-state index in [-0.39, 0.29) is 17.5 Å². The number of aromatic carboxylic acids is 2. The molecule has 5 N–H and O–H groups in total. The van der Waals surface area contributed by atoms with E-state index in [1.807, 2.05) is 6.20 Å². The summed E-state index contributed by atoms with van der Waals surface area (Å²) in [5.74, 6) is -3.36. The van der Waals surface area contributed by atoms with E-state index < -0.39 is 23.4 Å². The largest absolute Gasteiger partial charge is 0.507 e. The average Bonchev–Trinajstić information content (AvgIpc) is 3.14. The molecule has 6 rings (SSSR count). The second-order valence-electron chi connectivity index (χ2n) is 13.7. The number of benzene rings is 5. The van der Waals surface area contributed by atoms with Crippen molar-refractivity contribution in [1.29, 1.82) is 0 Å². The number of aryl methyl sites for hydroxylation is 3. The van der Waals surface area contributed by atoms with Gasteiger partial charge in [0.05, 0.1) is 5.52 Å². The van der Waals surface area contributed by atoms with Crippen molar-refractivity contribution in [2.45, 2.75) is 66.8 Å². The monoisotopic (exact) mass is 715 g/mol. The number of carboxylic acid groups (broad SMARTS) is 2. The molecule has 0 aliphatic heterocycles. The number of aromatic nitrogens is 1. The Bertz CT molecular complexity index is 2200. The Kier molecular flexibility index (Phi) is 12.2. The molecule has 0 amide bonds. The van der Waals surface area contributed by atoms with Crippen LogP contribution in [0, 0.1) is 20.8 Å². The summed E-state index contributed by atoms with van der Waals surface area (Å²) in [6, 6.07) is 21.7. The van der Waals surface area contributed by atoms with Crippen molar-refractivity contribution in [3.63, 3.8) is 0 Å². The first-order valence-electron chi connectivity index (χ1n) is 18.1. The summed E-state index contributed by atoms with van der Waals surface area (Å²) in [7, 11) is 0. The highest BCUT2D eigenvalue weighted by Gasteiger charge is 2.22. The van der Waals surface area contributed by atoms with E-state index in [0.717, 1.165) is 18.6 Å². The van der Waals surface area contributed by atoms with Gasteiger partial charge in [-0.1, -0.05) is 62.4 Å². The Labute approximate surface area is 310 Å². The van der Waals surface area contributed by atoms with Gasteiger partial charge in [0.15, 0.2) is 0 Å². The highest BCUT2D eigenvalue weighted by atomic mass is 16.4. The van der Waals surface area contributed by atoms with Gasteiger partial charge in [0, 0.05) is 40.9 Å². The number of phenols is 2. The number of aromatic hydroxyl groups is 2. The molecule has 1 atom stereocenters. The third-order valence-electron chi connectivity index (χ3n) is 10.1. The van der Waals surface area contributed by atoms with Crippen molar-refractivity contribution < 1.29 is 30.0 Å². The number of anilines is 1. The summed E-state index contributed by atoms with van der Waals surface area (Å²) in [6.07, 6.45) is 4.36. The summed E-state index contributed by atoms with van der Waals surface area (Å²) in [5.41, 5.74) is 6.30. The minimum Gasteiger partial charge on any atom is -0.507 e. The third-order valence-corrected chi connectivity index (χ3v) is 10.1. The molecule has 9 heteroatoms. The molecule has 0 saturated carbocycles. The number of pyridine rings is 1.